The van der Waals surface area contributed by atoms with E-state index >= 15 is 0 Å². The van der Waals surface area contributed by atoms with E-state index in [-0.39, 0.29) is 0 Å². The topological polar surface area (TPSA) is 38.0 Å². The van der Waals surface area contributed by atoms with Crippen LogP contribution in [0.5, 0.6) is 0 Å². The zero-order chi connectivity index (χ0) is 12.1. The highest BCUT2D eigenvalue weighted by molar-refractivity contribution is 5.48. The number of hydrogen-bond donors (Lipinski definition) is 2. The van der Waals surface area contributed by atoms with Gasteiger partial charge in [-0.1, -0.05) is 42.5 Å². The van der Waals surface area contributed by atoms with Crippen LogP contribution in [0.3, 0.4) is 0 Å². The van der Waals surface area contributed by atoms with E-state index in [4.69, 9.17) is 5.73 Å². The van der Waals surface area contributed by atoms with Gasteiger partial charge in [0.1, 0.15) is 0 Å². The maximum absolute atomic E-state index is 5.88. The van der Waals surface area contributed by atoms with Crippen molar-refractivity contribution < 1.29 is 0 Å². The van der Waals surface area contributed by atoms with Crippen LogP contribution in [0.4, 0.5) is 5.69 Å². The molecule has 0 fully saturated rings. The normalized spacial score (nSPS) is 10.4. The van der Waals surface area contributed by atoms with E-state index in [0.29, 0.717) is 0 Å². The Bertz CT molecular complexity index is 478. The van der Waals surface area contributed by atoms with Crippen LogP contribution >= 0.6 is 0 Å². The van der Waals surface area contributed by atoms with Crippen LogP contribution in [0, 0.1) is 6.92 Å². The van der Waals surface area contributed by atoms with Crippen LogP contribution in [-0.2, 0) is 13.1 Å². The predicted octanol–water partition coefficient (Wildman–Crippen LogP) is 2.87. The number of hydrogen-bond acceptors (Lipinski definition) is 2. The predicted molar refractivity (Wildman–Crippen MR) is 72.6 cm³/mol. The molecule has 0 aliphatic heterocycles. The number of anilines is 1. The smallest absolute Gasteiger partial charge is 0.0346 e. The first-order chi connectivity index (χ1) is 8.25. The van der Waals surface area contributed by atoms with Crippen molar-refractivity contribution in [1.29, 1.82) is 0 Å². The maximum Gasteiger partial charge on any atom is 0.0346 e. The molecule has 2 aromatic rings. The number of rotatable bonds is 4. The van der Waals surface area contributed by atoms with Crippen molar-refractivity contribution in [2.45, 2.75) is 20.0 Å². The second-order valence-corrected chi connectivity index (χ2v) is 4.28. The summed E-state index contributed by atoms with van der Waals surface area (Å²) in [6.07, 6.45) is 0. The quantitative estimate of drug-likeness (QED) is 0.787. The van der Waals surface area contributed by atoms with E-state index < -0.39 is 0 Å². The van der Waals surface area contributed by atoms with Crippen molar-refractivity contribution in [3.05, 3.63) is 65.2 Å². The van der Waals surface area contributed by atoms with Gasteiger partial charge in [0.2, 0.25) is 0 Å². The lowest BCUT2D eigenvalue weighted by Gasteiger charge is -2.07. The summed E-state index contributed by atoms with van der Waals surface area (Å²) in [6, 6.07) is 16.6. The number of nitrogens with one attached hydrogen (secondary N) is 1. The third-order valence-corrected chi connectivity index (χ3v) is 2.84. The Labute approximate surface area is 102 Å². The van der Waals surface area contributed by atoms with Gasteiger partial charge >= 0.3 is 0 Å². The van der Waals surface area contributed by atoms with Gasteiger partial charge in [0, 0.05) is 18.8 Å². The molecule has 0 saturated heterocycles. The second kappa shape index (κ2) is 5.51. The Morgan fingerprint density at radius 2 is 1.65 bits per heavy atom. The zero-order valence-corrected chi connectivity index (χ0v) is 10.1. The molecule has 0 atom stereocenters. The summed E-state index contributed by atoms with van der Waals surface area (Å²) >= 11 is 0. The summed E-state index contributed by atoms with van der Waals surface area (Å²) in [5.74, 6) is 0. The summed E-state index contributed by atoms with van der Waals surface area (Å²) in [5, 5.41) is 3.41. The lowest BCUT2D eigenvalue weighted by Crippen LogP contribution is -2.12. The first kappa shape index (κ1) is 11.7. The van der Waals surface area contributed by atoms with Gasteiger partial charge < -0.3 is 11.1 Å². The highest BCUT2D eigenvalue weighted by Crippen LogP contribution is 2.12. The molecule has 2 nitrogen and oxygen atoms in total. The van der Waals surface area contributed by atoms with Crippen LogP contribution < -0.4 is 11.1 Å². The fourth-order valence-corrected chi connectivity index (χ4v) is 1.75. The van der Waals surface area contributed by atoms with Crippen LogP contribution in [-0.4, -0.2) is 0 Å². The molecular weight excluding hydrogens is 208 g/mol. The molecule has 0 bridgehead atoms. The zero-order valence-electron chi connectivity index (χ0n) is 10.1. The third-order valence-electron chi connectivity index (χ3n) is 2.84. The Balaban J connectivity index is 1.88. The monoisotopic (exact) mass is 226 g/mol. The standard InChI is InChI=1S/C15H18N2/c1-12-7-8-14(9-15(12)16)11-17-10-13-5-3-2-4-6-13/h2-9,17H,10-11,16H2,1H3. The van der Waals surface area contributed by atoms with E-state index in [2.05, 4.69) is 41.7 Å². The Hall–Kier alpha value is -1.80. The lowest BCUT2D eigenvalue weighted by molar-refractivity contribution is 0.693. The molecule has 3 N–H and O–H groups in total. The number of aryl methyl sites for hydroxylation is 1. The van der Waals surface area contributed by atoms with Crippen molar-refractivity contribution in [3.8, 4) is 0 Å². The molecule has 0 spiro atoms. The minimum Gasteiger partial charge on any atom is -0.399 e. The largest absolute Gasteiger partial charge is 0.399 e. The molecule has 2 heteroatoms. The van der Waals surface area contributed by atoms with E-state index in [9.17, 15) is 0 Å². The summed E-state index contributed by atoms with van der Waals surface area (Å²) in [5.41, 5.74) is 10.4. The molecule has 0 aliphatic carbocycles. The van der Waals surface area contributed by atoms with Gasteiger partial charge in [0.15, 0.2) is 0 Å². The number of nitrogen functional groups attached to an aromatic ring is 1. The van der Waals surface area contributed by atoms with Crippen molar-refractivity contribution >= 4 is 5.69 Å². The average Bonchev–Trinajstić information content (AvgIpc) is 2.35. The molecule has 17 heavy (non-hydrogen) atoms. The summed E-state index contributed by atoms with van der Waals surface area (Å²) < 4.78 is 0. The van der Waals surface area contributed by atoms with E-state index in [1.165, 1.54) is 11.1 Å². The van der Waals surface area contributed by atoms with E-state index in [1.54, 1.807) is 0 Å². The van der Waals surface area contributed by atoms with E-state index in [1.807, 2.05) is 19.1 Å². The van der Waals surface area contributed by atoms with Gasteiger partial charge in [-0.25, -0.2) is 0 Å². The first-order valence-electron chi connectivity index (χ1n) is 5.85. The molecule has 0 radical (unpaired) electrons. The van der Waals surface area contributed by atoms with E-state index in [0.717, 1.165) is 24.3 Å². The molecule has 2 rings (SSSR count). The van der Waals surface area contributed by atoms with Gasteiger partial charge in [0.05, 0.1) is 0 Å². The molecule has 0 amide bonds. The fourth-order valence-electron chi connectivity index (χ4n) is 1.75. The van der Waals surface area contributed by atoms with Gasteiger partial charge in [-0.05, 0) is 29.7 Å². The van der Waals surface area contributed by atoms with Gasteiger partial charge in [-0.2, -0.15) is 0 Å². The number of benzene rings is 2. The second-order valence-electron chi connectivity index (χ2n) is 4.28. The van der Waals surface area contributed by atoms with Crippen LogP contribution in [0.25, 0.3) is 0 Å². The number of nitrogens with two attached hydrogens (primary N) is 1. The SMILES string of the molecule is Cc1ccc(CNCc2ccccc2)cc1N. The molecule has 0 unspecified atom stereocenters. The molecule has 0 heterocycles. The van der Waals surface area contributed by atoms with Crippen molar-refractivity contribution in [2.75, 3.05) is 5.73 Å². The Morgan fingerprint density at radius 3 is 2.35 bits per heavy atom. The summed E-state index contributed by atoms with van der Waals surface area (Å²) in [4.78, 5) is 0. The van der Waals surface area contributed by atoms with Crippen molar-refractivity contribution in [3.63, 3.8) is 0 Å². The minimum atomic E-state index is 0.847. The molecular formula is C15H18N2. The highest BCUT2D eigenvalue weighted by Gasteiger charge is 1.97. The average molecular weight is 226 g/mol. The van der Waals surface area contributed by atoms with Gasteiger partial charge in [-0.3, -0.25) is 0 Å². The Morgan fingerprint density at radius 1 is 0.941 bits per heavy atom. The summed E-state index contributed by atoms with van der Waals surface area (Å²) in [7, 11) is 0. The Kier molecular flexibility index (Phi) is 3.78. The highest BCUT2D eigenvalue weighted by atomic mass is 14.8. The first-order valence-corrected chi connectivity index (χ1v) is 5.85. The molecule has 88 valence electrons. The van der Waals surface area contributed by atoms with Crippen LogP contribution in [0.2, 0.25) is 0 Å². The van der Waals surface area contributed by atoms with Crippen LogP contribution in [0.1, 0.15) is 16.7 Å². The van der Waals surface area contributed by atoms with Gasteiger partial charge in [0.25, 0.3) is 0 Å². The molecule has 0 saturated carbocycles. The van der Waals surface area contributed by atoms with Crippen molar-refractivity contribution in [1.82, 2.24) is 5.32 Å². The van der Waals surface area contributed by atoms with Crippen LogP contribution in [0.15, 0.2) is 48.5 Å². The fraction of sp³-hybridized carbons (Fsp3) is 0.200. The van der Waals surface area contributed by atoms with Crippen molar-refractivity contribution in [2.24, 2.45) is 0 Å². The molecule has 2 aromatic carbocycles. The molecule has 0 aliphatic rings. The lowest BCUT2D eigenvalue weighted by atomic mass is 10.1. The minimum absolute atomic E-state index is 0.847. The molecule has 0 aromatic heterocycles. The third kappa shape index (κ3) is 3.33. The maximum atomic E-state index is 5.88. The summed E-state index contributed by atoms with van der Waals surface area (Å²) in [6.45, 7) is 3.75. The van der Waals surface area contributed by atoms with Gasteiger partial charge in [-0.15, -0.1) is 0 Å².